The smallest absolute Gasteiger partial charge is 0.166 e. The summed E-state index contributed by atoms with van der Waals surface area (Å²) >= 11 is 0. The molecule has 0 radical (unpaired) electrons. The van der Waals surface area contributed by atoms with Gasteiger partial charge in [0.2, 0.25) is 0 Å². The molecule has 0 aliphatic rings. The summed E-state index contributed by atoms with van der Waals surface area (Å²) in [6.07, 6.45) is 9.49. The summed E-state index contributed by atoms with van der Waals surface area (Å²) in [4.78, 5) is 0. The van der Waals surface area contributed by atoms with Crippen molar-refractivity contribution in [3.63, 3.8) is 0 Å². The molecule has 0 bridgehead atoms. The second-order valence-corrected chi connectivity index (χ2v) is 7.64. The SMILES string of the molecule is C/C=C/CCc1ccc(/C=C/c2ccc(CC(C)c3ccccc3)cc2)c(F)c1F. The third-order valence-corrected chi connectivity index (χ3v) is 5.35. The molecule has 0 saturated carbocycles. The van der Waals surface area contributed by atoms with Gasteiger partial charge in [0.15, 0.2) is 11.6 Å². The van der Waals surface area contributed by atoms with E-state index in [1.54, 1.807) is 18.2 Å². The third kappa shape index (κ3) is 5.76. The van der Waals surface area contributed by atoms with Gasteiger partial charge in [0.05, 0.1) is 0 Å². The Bertz CT molecular complexity index is 999. The molecule has 0 amide bonds. The second kappa shape index (κ2) is 10.7. The molecule has 0 aromatic heterocycles. The fraction of sp³-hybridized carbons (Fsp3) is 0.214. The van der Waals surface area contributed by atoms with Gasteiger partial charge in [-0.1, -0.05) is 98.0 Å². The van der Waals surface area contributed by atoms with Crippen molar-refractivity contribution in [3.05, 3.63) is 118 Å². The summed E-state index contributed by atoms with van der Waals surface area (Å²) in [6.45, 7) is 4.14. The highest BCUT2D eigenvalue weighted by atomic mass is 19.2. The van der Waals surface area contributed by atoms with E-state index in [2.05, 4.69) is 43.3 Å². The molecule has 0 saturated heterocycles. The first-order valence-corrected chi connectivity index (χ1v) is 10.5. The zero-order valence-corrected chi connectivity index (χ0v) is 17.6. The maximum atomic E-state index is 14.4. The van der Waals surface area contributed by atoms with E-state index in [9.17, 15) is 8.78 Å². The first-order chi connectivity index (χ1) is 14.6. The number of allylic oxidation sites excluding steroid dienone is 2. The van der Waals surface area contributed by atoms with Gasteiger partial charge in [-0.2, -0.15) is 0 Å². The lowest BCUT2D eigenvalue weighted by Gasteiger charge is -2.12. The Kier molecular flexibility index (Phi) is 7.73. The van der Waals surface area contributed by atoms with Crippen LogP contribution < -0.4 is 0 Å². The van der Waals surface area contributed by atoms with Gasteiger partial charge in [0.1, 0.15) is 0 Å². The van der Waals surface area contributed by atoms with Crippen molar-refractivity contribution in [2.75, 3.05) is 0 Å². The lowest BCUT2D eigenvalue weighted by atomic mass is 9.93. The fourth-order valence-electron chi connectivity index (χ4n) is 3.54. The number of benzene rings is 3. The number of rotatable bonds is 8. The van der Waals surface area contributed by atoms with Crippen LogP contribution in [0.3, 0.4) is 0 Å². The van der Waals surface area contributed by atoms with Gasteiger partial charge in [-0.3, -0.25) is 0 Å². The summed E-state index contributed by atoms with van der Waals surface area (Å²) in [7, 11) is 0. The van der Waals surface area contributed by atoms with E-state index in [4.69, 9.17) is 0 Å². The number of aryl methyl sites for hydroxylation is 1. The lowest BCUT2D eigenvalue weighted by molar-refractivity contribution is 0.497. The molecule has 3 rings (SSSR count). The molecule has 3 aromatic rings. The van der Waals surface area contributed by atoms with Crippen molar-refractivity contribution < 1.29 is 8.78 Å². The highest BCUT2D eigenvalue weighted by Gasteiger charge is 2.11. The second-order valence-electron chi connectivity index (χ2n) is 7.64. The molecule has 3 aromatic carbocycles. The van der Waals surface area contributed by atoms with Crippen LogP contribution in [0.15, 0.2) is 78.9 Å². The zero-order chi connectivity index (χ0) is 21.3. The predicted octanol–water partition coefficient (Wildman–Crippen LogP) is 7.99. The largest absolute Gasteiger partial charge is 0.203 e. The van der Waals surface area contributed by atoms with Gasteiger partial charge < -0.3 is 0 Å². The van der Waals surface area contributed by atoms with E-state index >= 15 is 0 Å². The minimum atomic E-state index is -0.780. The quantitative estimate of drug-likeness (QED) is 0.264. The van der Waals surface area contributed by atoms with Gasteiger partial charge in [-0.25, -0.2) is 8.78 Å². The average Bonchev–Trinajstić information content (AvgIpc) is 2.78. The molecule has 0 nitrogen and oxygen atoms in total. The number of hydrogen-bond acceptors (Lipinski definition) is 0. The standard InChI is InChI=1S/C28H28F2/c1-3-4-6-11-25-18-19-26(28(30)27(25)29)17-16-22-12-14-23(15-13-22)20-21(2)24-9-7-5-8-10-24/h3-5,7-10,12-19,21H,6,11,20H2,1-2H3/b4-3+,17-16+. The molecule has 0 aliphatic carbocycles. The normalized spacial score (nSPS) is 12.7. The Hall–Kier alpha value is -3.00. The molecular weight excluding hydrogens is 374 g/mol. The van der Waals surface area contributed by atoms with E-state index in [1.807, 2.05) is 43.4 Å². The lowest BCUT2D eigenvalue weighted by Crippen LogP contribution is -1.98. The van der Waals surface area contributed by atoms with Gasteiger partial charge in [-0.05, 0) is 54.4 Å². The first kappa shape index (κ1) is 21.7. The molecule has 1 atom stereocenters. The monoisotopic (exact) mass is 402 g/mol. The van der Waals surface area contributed by atoms with Gasteiger partial charge >= 0.3 is 0 Å². The van der Waals surface area contributed by atoms with Crippen LogP contribution in [0.2, 0.25) is 0 Å². The minimum Gasteiger partial charge on any atom is -0.203 e. The predicted molar refractivity (Wildman–Crippen MR) is 123 cm³/mol. The molecule has 2 heteroatoms. The van der Waals surface area contributed by atoms with Crippen LogP contribution in [0.4, 0.5) is 8.78 Å². The summed E-state index contributed by atoms with van der Waals surface area (Å²) in [6, 6.07) is 22.0. The molecule has 0 fully saturated rings. The summed E-state index contributed by atoms with van der Waals surface area (Å²) in [5.74, 6) is -1.08. The van der Waals surface area contributed by atoms with E-state index in [-0.39, 0.29) is 5.56 Å². The minimum absolute atomic E-state index is 0.268. The van der Waals surface area contributed by atoms with Crippen molar-refractivity contribution in [1.29, 1.82) is 0 Å². The highest BCUT2D eigenvalue weighted by molar-refractivity contribution is 5.70. The Morgan fingerprint density at radius 3 is 2.27 bits per heavy atom. The molecular formula is C28H28F2. The van der Waals surface area contributed by atoms with Crippen LogP contribution in [0, 0.1) is 11.6 Å². The average molecular weight is 403 g/mol. The van der Waals surface area contributed by atoms with Gasteiger partial charge in [-0.15, -0.1) is 0 Å². The van der Waals surface area contributed by atoms with E-state index < -0.39 is 11.6 Å². The Labute approximate surface area is 178 Å². The highest BCUT2D eigenvalue weighted by Crippen LogP contribution is 2.22. The van der Waals surface area contributed by atoms with Crippen molar-refractivity contribution in [2.45, 2.75) is 39.0 Å². The van der Waals surface area contributed by atoms with Crippen LogP contribution in [0.5, 0.6) is 0 Å². The van der Waals surface area contributed by atoms with Gasteiger partial charge in [0, 0.05) is 5.56 Å². The van der Waals surface area contributed by atoms with E-state index in [0.29, 0.717) is 24.3 Å². The molecule has 0 N–H and O–H groups in total. The topological polar surface area (TPSA) is 0 Å². The molecule has 30 heavy (non-hydrogen) atoms. The molecule has 0 heterocycles. The molecule has 0 spiro atoms. The van der Waals surface area contributed by atoms with Crippen LogP contribution in [-0.4, -0.2) is 0 Å². The van der Waals surface area contributed by atoms with Gasteiger partial charge in [0.25, 0.3) is 0 Å². The van der Waals surface area contributed by atoms with Crippen LogP contribution in [0.25, 0.3) is 12.2 Å². The summed E-state index contributed by atoms with van der Waals surface area (Å²) < 4.78 is 28.7. The van der Waals surface area contributed by atoms with Crippen LogP contribution in [-0.2, 0) is 12.8 Å². The third-order valence-electron chi connectivity index (χ3n) is 5.35. The summed E-state index contributed by atoms with van der Waals surface area (Å²) in [5, 5.41) is 0. The van der Waals surface area contributed by atoms with E-state index in [1.165, 1.54) is 11.1 Å². The molecule has 154 valence electrons. The summed E-state index contributed by atoms with van der Waals surface area (Å²) in [5.41, 5.74) is 4.23. The Morgan fingerprint density at radius 2 is 1.57 bits per heavy atom. The fourth-order valence-corrected chi connectivity index (χ4v) is 3.54. The van der Waals surface area contributed by atoms with Crippen LogP contribution >= 0.6 is 0 Å². The van der Waals surface area contributed by atoms with Crippen molar-refractivity contribution in [3.8, 4) is 0 Å². The molecule has 0 aliphatic heterocycles. The molecule has 1 unspecified atom stereocenters. The Morgan fingerprint density at radius 1 is 0.833 bits per heavy atom. The van der Waals surface area contributed by atoms with E-state index in [0.717, 1.165) is 12.0 Å². The maximum Gasteiger partial charge on any atom is 0.166 e. The zero-order valence-electron chi connectivity index (χ0n) is 17.6. The van der Waals surface area contributed by atoms with Crippen molar-refractivity contribution >= 4 is 12.2 Å². The maximum absolute atomic E-state index is 14.4. The first-order valence-electron chi connectivity index (χ1n) is 10.5. The van der Waals surface area contributed by atoms with Crippen LogP contribution in [0.1, 0.15) is 54.0 Å². The van der Waals surface area contributed by atoms with Crippen molar-refractivity contribution in [1.82, 2.24) is 0 Å². The number of halogens is 2. The van der Waals surface area contributed by atoms with Crippen molar-refractivity contribution in [2.24, 2.45) is 0 Å². The Balaban J connectivity index is 1.65. The number of hydrogen-bond donors (Lipinski definition) is 0.